The molecule has 1 aliphatic rings. The highest BCUT2D eigenvalue weighted by molar-refractivity contribution is 14.1. The van der Waals surface area contributed by atoms with Crippen LogP contribution in [-0.2, 0) is 35.1 Å². The minimum Gasteiger partial charge on any atom is -0.469 e. The quantitative estimate of drug-likeness (QED) is 0.243. The molecule has 138 valence electrons. The summed E-state index contributed by atoms with van der Waals surface area (Å²) in [4.78, 5) is 23.5. The van der Waals surface area contributed by atoms with E-state index in [1.807, 2.05) is 30.3 Å². The van der Waals surface area contributed by atoms with Gasteiger partial charge >= 0.3 is 11.9 Å². The van der Waals surface area contributed by atoms with Crippen molar-refractivity contribution >= 4 is 34.5 Å². The van der Waals surface area contributed by atoms with Gasteiger partial charge in [0.05, 0.1) is 27.4 Å². The second-order valence-corrected chi connectivity index (χ2v) is 7.98. The highest BCUT2D eigenvalue weighted by Crippen LogP contribution is 2.51. The van der Waals surface area contributed by atoms with Gasteiger partial charge in [-0.1, -0.05) is 30.3 Å². The van der Waals surface area contributed by atoms with Crippen LogP contribution in [0.1, 0.15) is 31.2 Å². The van der Waals surface area contributed by atoms with Gasteiger partial charge in [-0.3, -0.25) is 4.79 Å². The lowest BCUT2D eigenvalue weighted by molar-refractivity contribution is -0.237. The monoisotopic (exact) mass is 462 g/mol. The predicted molar refractivity (Wildman–Crippen MR) is 99.2 cm³/mol. The number of rotatable bonds is 9. The van der Waals surface area contributed by atoms with Crippen LogP contribution in [0.25, 0.3) is 0 Å². The highest BCUT2D eigenvalue weighted by Gasteiger charge is 2.59. The maximum atomic E-state index is 12.1. The first-order chi connectivity index (χ1) is 11.9. The second-order valence-electron chi connectivity index (χ2n) is 6.01. The lowest BCUT2D eigenvalue weighted by atomic mass is 9.83. The van der Waals surface area contributed by atoms with E-state index >= 15 is 0 Å². The van der Waals surface area contributed by atoms with Crippen molar-refractivity contribution in [3.05, 3.63) is 35.9 Å². The largest absolute Gasteiger partial charge is 0.469 e. The van der Waals surface area contributed by atoms with E-state index in [0.29, 0.717) is 26.1 Å². The third-order valence-electron chi connectivity index (χ3n) is 4.18. The topological polar surface area (TPSA) is 71.1 Å². The molecule has 1 aromatic carbocycles. The summed E-state index contributed by atoms with van der Waals surface area (Å²) < 4.78 is 20.6. The van der Waals surface area contributed by atoms with Crippen molar-refractivity contribution < 1.29 is 28.5 Å². The summed E-state index contributed by atoms with van der Waals surface area (Å²) in [6.45, 7) is 1.06. The molecule has 6 nitrogen and oxygen atoms in total. The predicted octanol–water partition coefficient (Wildman–Crippen LogP) is 3.01. The van der Waals surface area contributed by atoms with Crippen LogP contribution in [0.15, 0.2) is 30.3 Å². The molecule has 1 aliphatic heterocycles. The summed E-state index contributed by atoms with van der Waals surface area (Å²) in [5.41, 5.74) is 0.0466. The Morgan fingerprint density at radius 1 is 1.16 bits per heavy atom. The zero-order valence-electron chi connectivity index (χ0n) is 14.5. The number of hydrogen-bond donors (Lipinski definition) is 0. The Morgan fingerprint density at radius 3 is 2.44 bits per heavy atom. The van der Waals surface area contributed by atoms with Crippen molar-refractivity contribution in [2.75, 3.05) is 20.8 Å². The molecule has 1 fully saturated rings. The van der Waals surface area contributed by atoms with Crippen LogP contribution < -0.4 is 0 Å². The van der Waals surface area contributed by atoms with E-state index in [0.717, 1.165) is 5.56 Å². The SMILES string of the molecule is COC(=O)CCC1(C(=O)OC)CC(I)(CCOCc2ccccc2)O1. The second kappa shape index (κ2) is 8.95. The van der Waals surface area contributed by atoms with Crippen LogP contribution in [0.2, 0.25) is 0 Å². The fraction of sp³-hybridized carbons (Fsp3) is 0.556. The molecule has 25 heavy (non-hydrogen) atoms. The van der Waals surface area contributed by atoms with Crippen molar-refractivity contribution in [2.45, 2.75) is 41.5 Å². The fourth-order valence-electron chi connectivity index (χ4n) is 2.84. The molecule has 2 rings (SSSR count). The molecule has 0 bridgehead atoms. The molecule has 0 N–H and O–H groups in total. The number of ether oxygens (including phenoxy) is 4. The number of halogens is 1. The van der Waals surface area contributed by atoms with Gasteiger partial charge in [-0.2, -0.15) is 0 Å². The number of carbonyl (C=O) groups is 2. The van der Waals surface area contributed by atoms with Gasteiger partial charge in [-0.25, -0.2) is 4.79 Å². The summed E-state index contributed by atoms with van der Waals surface area (Å²) in [7, 11) is 2.64. The summed E-state index contributed by atoms with van der Waals surface area (Å²) >= 11 is 2.20. The Labute approximate surface area is 161 Å². The standard InChI is InChI=1S/C18H23IO6/c1-22-15(20)8-9-17(16(21)23-2)13-18(19,25-17)10-11-24-12-14-6-4-3-5-7-14/h3-7H,8-13H2,1-2H3. The molecule has 0 radical (unpaired) electrons. The molecule has 0 spiro atoms. The molecule has 2 atom stereocenters. The number of carbonyl (C=O) groups excluding carboxylic acids is 2. The first kappa shape index (κ1) is 20.1. The number of alkyl halides is 1. The van der Waals surface area contributed by atoms with Crippen LogP contribution in [0.4, 0.5) is 0 Å². The van der Waals surface area contributed by atoms with Crippen LogP contribution >= 0.6 is 22.6 Å². The van der Waals surface area contributed by atoms with Gasteiger partial charge in [0.2, 0.25) is 0 Å². The maximum absolute atomic E-state index is 12.1. The van der Waals surface area contributed by atoms with E-state index < -0.39 is 15.2 Å². The van der Waals surface area contributed by atoms with Crippen LogP contribution in [-0.4, -0.2) is 42.0 Å². The first-order valence-electron chi connectivity index (χ1n) is 8.09. The Balaban J connectivity index is 1.80. The van der Waals surface area contributed by atoms with Gasteiger partial charge in [0.25, 0.3) is 0 Å². The van der Waals surface area contributed by atoms with Gasteiger partial charge in [-0.15, -0.1) is 0 Å². The first-order valence-corrected chi connectivity index (χ1v) is 9.17. The van der Waals surface area contributed by atoms with Crippen molar-refractivity contribution in [1.29, 1.82) is 0 Å². The molecule has 1 saturated heterocycles. The number of benzene rings is 1. The van der Waals surface area contributed by atoms with Gasteiger partial charge in [0.1, 0.15) is 3.61 Å². The molecular weight excluding hydrogens is 439 g/mol. The molecule has 2 unspecified atom stereocenters. The van der Waals surface area contributed by atoms with E-state index in [2.05, 4.69) is 27.3 Å². The molecule has 0 aliphatic carbocycles. The Bertz CT molecular complexity index is 582. The molecule has 1 heterocycles. The van der Waals surface area contributed by atoms with Gasteiger partial charge in [0, 0.05) is 19.3 Å². The van der Waals surface area contributed by atoms with Crippen LogP contribution in [0.5, 0.6) is 0 Å². The number of esters is 2. The normalized spacial score (nSPS) is 25.1. The van der Waals surface area contributed by atoms with E-state index in [4.69, 9.17) is 14.2 Å². The summed E-state index contributed by atoms with van der Waals surface area (Å²) in [5.74, 6) is -0.821. The molecule has 0 aromatic heterocycles. The van der Waals surface area contributed by atoms with Crippen molar-refractivity contribution in [3.8, 4) is 0 Å². The summed E-state index contributed by atoms with van der Waals surface area (Å²) in [6.07, 6.45) is 1.50. The molecular formula is C18H23IO6. The minimum atomic E-state index is -1.07. The third-order valence-corrected chi connectivity index (χ3v) is 5.32. The molecule has 1 aromatic rings. The maximum Gasteiger partial charge on any atom is 0.338 e. The van der Waals surface area contributed by atoms with E-state index in [1.54, 1.807) is 0 Å². The summed E-state index contributed by atoms with van der Waals surface area (Å²) in [6, 6.07) is 9.93. The smallest absolute Gasteiger partial charge is 0.338 e. The average molecular weight is 462 g/mol. The van der Waals surface area contributed by atoms with E-state index in [9.17, 15) is 9.59 Å². The van der Waals surface area contributed by atoms with Crippen LogP contribution in [0.3, 0.4) is 0 Å². The van der Waals surface area contributed by atoms with E-state index in [-0.39, 0.29) is 18.8 Å². The Morgan fingerprint density at radius 2 is 1.84 bits per heavy atom. The number of hydrogen-bond acceptors (Lipinski definition) is 6. The molecule has 0 amide bonds. The van der Waals surface area contributed by atoms with Gasteiger partial charge < -0.3 is 18.9 Å². The Hall–Kier alpha value is -1.19. The zero-order chi connectivity index (χ0) is 18.3. The minimum absolute atomic E-state index is 0.114. The highest BCUT2D eigenvalue weighted by atomic mass is 127. The molecule has 0 saturated carbocycles. The van der Waals surface area contributed by atoms with Gasteiger partial charge in [-0.05, 0) is 34.6 Å². The van der Waals surface area contributed by atoms with Crippen molar-refractivity contribution in [2.24, 2.45) is 0 Å². The average Bonchev–Trinajstić information content (AvgIpc) is 2.61. The molecule has 7 heteroatoms. The number of methoxy groups -OCH3 is 2. The fourth-order valence-corrected chi connectivity index (χ4v) is 4.10. The summed E-state index contributed by atoms with van der Waals surface area (Å²) in [5, 5.41) is 0. The third kappa shape index (κ3) is 5.39. The van der Waals surface area contributed by atoms with Crippen molar-refractivity contribution in [3.63, 3.8) is 0 Å². The lowest BCUT2D eigenvalue weighted by Gasteiger charge is -2.51. The van der Waals surface area contributed by atoms with Crippen molar-refractivity contribution in [1.82, 2.24) is 0 Å². The van der Waals surface area contributed by atoms with Crippen LogP contribution in [0, 0.1) is 0 Å². The Kier molecular flexibility index (Phi) is 7.21. The van der Waals surface area contributed by atoms with E-state index in [1.165, 1.54) is 14.2 Å². The lowest BCUT2D eigenvalue weighted by Crippen LogP contribution is -2.61. The van der Waals surface area contributed by atoms with Gasteiger partial charge in [0.15, 0.2) is 5.60 Å². The zero-order valence-corrected chi connectivity index (χ0v) is 16.6.